The summed E-state index contributed by atoms with van der Waals surface area (Å²) in [5.41, 5.74) is 0.979. The second-order valence-corrected chi connectivity index (χ2v) is 4.23. The first kappa shape index (κ1) is 16.0. The van der Waals surface area contributed by atoms with Gasteiger partial charge in [-0.15, -0.1) is 0 Å². The lowest BCUT2D eigenvalue weighted by atomic mass is 10.3. The molecule has 0 unspecified atom stereocenters. The number of rotatable bonds is 6. The molecule has 0 saturated heterocycles. The van der Waals surface area contributed by atoms with Crippen LogP contribution in [0, 0.1) is 0 Å². The standard InChI is InChI=1S/C15H17ClN2O2/c1-4-6-14(15(19)20-5-2)18-11(3)17-13-9-7-12(16)8-10-13/h4,6-10,17H,3,5H2,1-2H3/b6-4-,18-14+. The quantitative estimate of drug-likeness (QED) is 0.641. The van der Waals surface area contributed by atoms with Crippen LogP contribution < -0.4 is 5.32 Å². The van der Waals surface area contributed by atoms with Crippen molar-refractivity contribution < 1.29 is 9.53 Å². The minimum atomic E-state index is -0.482. The van der Waals surface area contributed by atoms with E-state index in [0.29, 0.717) is 17.5 Å². The number of nitrogens with zero attached hydrogens (tertiary/aromatic N) is 1. The summed E-state index contributed by atoms with van der Waals surface area (Å²) in [7, 11) is 0. The maximum atomic E-state index is 11.7. The van der Waals surface area contributed by atoms with Crippen molar-refractivity contribution in [2.45, 2.75) is 13.8 Å². The van der Waals surface area contributed by atoms with Crippen molar-refractivity contribution in [1.29, 1.82) is 0 Å². The fraction of sp³-hybridized carbons (Fsp3) is 0.200. The number of aliphatic imine (C=N–C) groups is 1. The number of halogens is 1. The highest BCUT2D eigenvalue weighted by Gasteiger charge is 2.09. The van der Waals surface area contributed by atoms with Gasteiger partial charge in [0.15, 0.2) is 0 Å². The Hall–Kier alpha value is -2.07. The fourth-order valence-corrected chi connectivity index (χ4v) is 1.51. The van der Waals surface area contributed by atoms with Crippen LogP contribution in [0.1, 0.15) is 13.8 Å². The monoisotopic (exact) mass is 292 g/mol. The molecule has 0 spiro atoms. The highest BCUT2D eigenvalue weighted by Crippen LogP contribution is 2.15. The molecule has 0 aliphatic heterocycles. The maximum absolute atomic E-state index is 11.7. The molecular weight excluding hydrogens is 276 g/mol. The second-order valence-electron chi connectivity index (χ2n) is 3.80. The van der Waals surface area contributed by atoms with E-state index in [2.05, 4.69) is 16.9 Å². The van der Waals surface area contributed by atoms with Gasteiger partial charge in [0, 0.05) is 10.7 Å². The number of anilines is 1. The van der Waals surface area contributed by atoms with Crippen LogP contribution in [-0.4, -0.2) is 18.3 Å². The molecule has 1 rings (SSSR count). The molecule has 0 aliphatic rings. The van der Waals surface area contributed by atoms with Crippen molar-refractivity contribution in [2.75, 3.05) is 11.9 Å². The maximum Gasteiger partial charge on any atom is 0.356 e. The van der Waals surface area contributed by atoms with E-state index in [1.807, 2.05) is 0 Å². The highest BCUT2D eigenvalue weighted by atomic mass is 35.5. The Bertz CT molecular complexity index is 533. The van der Waals surface area contributed by atoms with Gasteiger partial charge in [0.25, 0.3) is 0 Å². The van der Waals surface area contributed by atoms with E-state index in [9.17, 15) is 4.79 Å². The van der Waals surface area contributed by atoms with Crippen LogP contribution in [-0.2, 0) is 9.53 Å². The van der Waals surface area contributed by atoms with Crippen LogP contribution in [0.25, 0.3) is 0 Å². The Labute approximate surface area is 123 Å². The van der Waals surface area contributed by atoms with Crippen molar-refractivity contribution in [1.82, 2.24) is 0 Å². The normalized spacial score (nSPS) is 11.4. The summed E-state index contributed by atoms with van der Waals surface area (Å²) in [5.74, 6) is -0.141. The van der Waals surface area contributed by atoms with Gasteiger partial charge in [-0.05, 0) is 44.2 Å². The first-order valence-corrected chi connectivity index (χ1v) is 6.54. The van der Waals surface area contributed by atoms with Crippen LogP contribution in [0.4, 0.5) is 5.69 Å². The Morgan fingerprint density at radius 2 is 2.10 bits per heavy atom. The molecule has 0 heterocycles. The third-order valence-electron chi connectivity index (χ3n) is 2.20. The Morgan fingerprint density at radius 3 is 2.65 bits per heavy atom. The zero-order chi connectivity index (χ0) is 15.0. The van der Waals surface area contributed by atoms with Gasteiger partial charge in [0.05, 0.1) is 6.61 Å². The predicted octanol–water partition coefficient (Wildman–Crippen LogP) is 3.80. The molecule has 0 aromatic heterocycles. The second kappa shape index (κ2) is 8.17. The Kier molecular flexibility index (Phi) is 6.53. The molecule has 5 heteroatoms. The minimum Gasteiger partial charge on any atom is -0.461 e. The molecule has 0 atom stereocenters. The topological polar surface area (TPSA) is 50.7 Å². The lowest BCUT2D eigenvalue weighted by molar-refractivity contribution is -0.134. The first-order valence-electron chi connectivity index (χ1n) is 6.16. The Morgan fingerprint density at radius 1 is 1.45 bits per heavy atom. The van der Waals surface area contributed by atoms with Crippen LogP contribution >= 0.6 is 11.6 Å². The van der Waals surface area contributed by atoms with Crippen molar-refractivity contribution in [3.05, 3.63) is 53.8 Å². The SMILES string of the molecule is C=C(/N=C(\C=C/C)C(=O)OCC)Nc1ccc(Cl)cc1. The van der Waals surface area contributed by atoms with Gasteiger partial charge in [-0.3, -0.25) is 0 Å². The molecule has 1 aromatic carbocycles. The van der Waals surface area contributed by atoms with E-state index in [-0.39, 0.29) is 5.71 Å². The number of hydrogen-bond donors (Lipinski definition) is 1. The number of hydrogen-bond acceptors (Lipinski definition) is 4. The molecular formula is C15H17ClN2O2. The van der Waals surface area contributed by atoms with Crippen LogP contribution in [0.3, 0.4) is 0 Å². The number of ether oxygens (including phenoxy) is 1. The van der Waals surface area contributed by atoms with Gasteiger partial charge in [-0.25, -0.2) is 9.79 Å². The number of esters is 1. The van der Waals surface area contributed by atoms with E-state index < -0.39 is 5.97 Å². The summed E-state index contributed by atoms with van der Waals surface area (Å²) in [6.45, 7) is 7.60. The summed E-state index contributed by atoms with van der Waals surface area (Å²) >= 11 is 5.80. The molecule has 4 nitrogen and oxygen atoms in total. The molecule has 0 amide bonds. The average Bonchev–Trinajstić information content (AvgIpc) is 2.41. The van der Waals surface area contributed by atoms with Crippen molar-refractivity contribution in [2.24, 2.45) is 4.99 Å². The first-order chi connectivity index (χ1) is 9.56. The highest BCUT2D eigenvalue weighted by molar-refractivity contribution is 6.41. The lowest BCUT2D eigenvalue weighted by Crippen LogP contribution is -2.16. The van der Waals surface area contributed by atoms with E-state index in [1.54, 1.807) is 50.3 Å². The molecule has 0 radical (unpaired) electrons. The third-order valence-corrected chi connectivity index (χ3v) is 2.45. The van der Waals surface area contributed by atoms with E-state index in [1.165, 1.54) is 0 Å². The molecule has 0 saturated carbocycles. The van der Waals surface area contributed by atoms with Crippen LogP contribution in [0.15, 0.2) is 53.8 Å². The fourth-order valence-electron chi connectivity index (χ4n) is 1.39. The van der Waals surface area contributed by atoms with Crippen molar-refractivity contribution >= 4 is 29.0 Å². The molecule has 0 bridgehead atoms. The Balaban J connectivity index is 2.80. The van der Waals surface area contributed by atoms with Gasteiger partial charge >= 0.3 is 5.97 Å². The molecule has 106 valence electrons. The number of benzene rings is 1. The van der Waals surface area contributed by atoms with E-state index in [0.717, 1.165) is 5.69 Å². The third kappa shape index (κ3) is 5.28. The zero-order valence-corrected chi connectivity index (χ0v) is 12.3. The summed E-state index contributed by atoms with van der Waals surface area (Å²) in [6.07, 6.45) is 3.29. The number of carbonyl (C=O) groups excluding carboxylic acids is 1. The largest absolute Gasteiger partial charge is 0.461 e. The van der Waals surface area contributed by atoms with Crippen molar-refractivity contribution in [3.8, 4) is 0 Å². The van der Waals surface area contributed by atoms with Gasteiger partial charge in [-0.2, -0.15) is 0 Å². The predicted molar refractivity (Wildman–Crippen MR) is 83.1 cm³/mol. The zero-order valence-electron chi connectivity index (χ0n) is 11.5. The van der Waals surface area contributed by atoms with Gasteiger partial charge < -0.3 is 10.1 Å². The summed E-state index contributed by atoms with van der Waals surface area (Å²) in [6, 6.07) is 7.09. The number of allylic oxidation sites excluding steroid dienone is 1. The average molecular weight is 293 g/mol. The lowest BCUT2D eigenvalue weighted by Gasteiger charge is -2.07. The molecule has 0 fully saturated rings. The van der Waals surface area contributed by atoms with Gasteiger partial charge in [0.1, 0.15) is 11.5 Å². The summed E-state index contributed by atoms with van der Waals surface area (Å²) in [4.78, 5) is 15.8. The molecule has 1 N–H and O–H groups in total. The van der Waals surface area contributed by atoms with Gasteiger partial charge in [0.2, 0.25) is 0 Å². The van der Waals surface area contributed by atoms with Gasteiger partial charge in [-0.1, -0.05) is 24.3 Å². The number of nitrogens with one attached hydrogen (secondary N) is 1. The molecule has 20 heavy (non-hydrogen) atoms. The smallest absolute Gasteiger partial charge is 0.356 e. The van der Waals surface area contributed by atoms with E-state index >= 15 is 0 Å². The van der Waals surface area contributed by atoms with Crippen molar-refractivity contribution in [3.63, 3.8) is 0 Å². The molecule has 1 aromatic rings. The molecule has 0 aliphatic carbocycles. The summed E-state index contributed by atoms with van der Waals surface area (Å²) < 4.78 is 4.92. The van der Waals surface area contributed by atoms with Crippen LogP contribution in [0.2, 0.25) is 5.02 Å². The number of carbonyl (C=O) groups is 1. The minimum absolute atomic E-state index is 0.195. The van der Waals surface area contributed by atoms with Crippen LogP contribution in [0.5, 0.6) is 0 Å². The summed E-state index contributed by atoms with van der Waals surface area (Å²) in [5, 5.41) is 3.62. The van der Waals surface area contributed by atoms with E-state index in [4.69, 9.17) is 16.3 Å².